The zero-order valence-electron chi connectivity index (χ0n) is 27.8. The second kappa shape index (κ2) is 12.3. The summed E-state index contributed by atoms with van der Waals surface area (Å²) in [6.07, 6.45) is 0. The van der Waals surface area contributed by atoms with Crippen LogP contribution in [-0.4, -0.2) is 9.97 Å². The molecular weight excluding hydrogens is 605 g/mol. The minimum Gasteiger partial charge on any atom is -0.228 e. The molecule has 2 nitrogen and oxygen atoms in total. The molecule has 0 fully saturated rings. The van der Waals surface area contributed by atoms with Crippen molar-refractivity contribution in [2.75, 3.05) is 0 Å². The molecule has 0 unspecified atom stereocenters. The summed E-state index contributed by atoms with van der Waals surface area (Å²) < 4.78 is 0. The van der Waals surface area contributed by atoms with Crippen molar-refractivity contribution in [3.8, 4) is 56.2 Å². The Morgan fingerprint density at radius 3 is 1.40 bits per heavy atom. The summed E-state index contributed by atoms with van der Waals surface area (Å²) in [6.45, 7) is 2.13. The number of fused-ring (bicyclic) bond motifs is 3. The number of benzene rings is 7. The molecule has 0 radical (unpaired) electrons. The third-order valence-corrected chi connectivity index (χ3v) is 10.2. The summed E-state index contributed by atoms with van der Waals surface area (Å²) in [4.78, 5) is 10.2. The molecule has 50 heavy (non-hydrogen) atoms. The van der Waals surface area contributed by atoms with Gasteiger partial charge in [0.05, 0.1) is 16.8 Å². The fourth-order valence-electron chi connectivity index (χ4n) is 7.84. The van der Waals surface area contributed by atoms with Gasteiger partial charge in [0.1, 0.15) is 0 Å². The van der Waals surface area contributed by atoms with Crippen LogP contribution in [0.15, 0.2) is 188 Å². The van der Waals surface area contributed by atoms with Crippen LogP contribution in [0.1, 0.15) is 27.8 Å². The number of hydrogen-bond donors (Lipinski definition) is 0. The van der Waals surface area contributed by atoms with Crippen LogP contribution in [0, 0.1) is 6.92 Å². The quantitative estimate of drug-likeness (QED) is 0.181. The molecule has 2 heteroatoms. The van der Waals surface area contributed by atoms with Crippen LogP contribution in [0.2, 0.25) is 0 Å². The van der Waals surface area contributed by atoms with Crippen molar-refractivity contribution in [1.29, 1.82) is 0 Å². The molecule has 1 aliphatic rings. The van der Waals surface area contributed by atoms with Crippen molar-refractivity contribution < 1.29 is 0 Å². The molecule has 1 heterocycles. The minimum atomic E-state index is -0.426. The first-order chi connectivity index (χ1) is 24.7. The van der Waals surface area contributed by atoms with E-state index in [4.69, 9.17) is 9.97 Å². The SMILES string of the molecule is Cc1c(-c2ccccc2)nc(-c2ccccc2)nc1-c1ccc(-c2ccc3c(c2)C(c2ccccc2)(c2ccccc2)c2ccccc2-3)cc1. The van der Waals surface area contributed by atoms with Gasteiger partial charge < -0.3 is 0 Å². The standard InChI is InChI=1S/C48H34N2/c1-33-45(35-16-6-2-7-17-35)49-47(37-18-8-3-9-19-37)50-46(33)36-28-26-34(27-29-36)38-30-31-42-41-24-14-15-25-43(41)48(44(42)32-38,39-20-10-4-11-21-39)40-22-12-5-13-23-40/h2-32H,1H3. The third kappa shape index (κ3) is 4.80. The van der Waals surface area contributed by atoms with E-state index in [1.165, 1.54) is 44.5 Å². The highest BCUT2D eigenvalue weighted by atomic mass is 14.9. The summed E-state index contributed by atoms with van der Waals surface area (Å²) in [6, 6.07) is 67.4. The monoisotopic (exact) mass is 638 g/mol. The van der Waals surface area contributed by atoms with Gasteiger partial charge >= 0.3 is 0 Å². The molecule has 0 N–H and O–H groups in total. The van der Waals surface area contributed by atoms with Gasteiger partial charge in [-0.1, -0.05) is 182 Å². The van der Waals surface area contributed by atoms with E-state index < -0.39 is 5.41 Å². The molecule has 7 aromatic carbocycles. The Labute approximate surface area is 293 Å². The molecule has 0 spiro atoms. The van der Waals surface area contributed by atoms with Gasteiger partial charge in [0, 0.05) is 22.3 Å². The lowest BCUT2D eigenvalue weighted by Gasteiger charge is -2.34. The van der Waals surface area contributed by atoms with Gasteiger partial charge in [-0.15, -0.1) is 0 Å². The van der Waals surface area contributed by atoms with E-state index in [2.05, 4.69) is 171 Å². The van der Waals surface area contributed by atoms with Gasteiger partial charge in [0.2, 0.25) is 0 Å². The van der Waals surface area contributed by atoms with Crippen LogP contribution < -0.4 is 0 Å². The molecule has 1 aromatic heterocycles. The van der Waals surface area contributed by atoms with Crippen LogP contribution in [-0.2, 0) is 5.41 Å². The molecule has 0 atom stereocenters. The average molecular weight is 639 g/mol. The van der Waals surface area contributed by atoms with Crippen molar-refractivity contribution in [2.24, 2.45) is 0 Å². The smallest absolute Gasteiger partial charge is 0.160 e. The zero-order valence-corrected chi connectivity index (χ0v) is 27.8. The highest BCUT2D eigenvalue weighted by Crippen LogP contribution is 2.56. The van der Waals surface area contributed by atoms with Crippen molar-refractivity contribution in [3.05, 3.63) is 216 Å². The summed E-state index contributed by atoms with van der Waals surface area (Å²) in [7, 11) is 0. The second-order valence-electron chi connectivity index (χ2n) is 13.0. The Kier molecular flexibility index (Phi) is 7.29. The highest BCUT2D eigenvalue weighted by molar-refractivity contribution is 5.88. The van der Waals surface area contributed by atoms with Gasteiger partial charge in [-0.25, -0.2) is 9.97 Å². The number of hydrogen-bond acceptors (Lipinski definition) is 2. The first-order valence-electron chi connectivity index (χ1n) is 17.2. The van der Waals surface area contributed by atoms with Crippen LogP contribution in [0.25, 0.3) is 56.2 Å². The van der Waals surface area contributed by atoms with Crippen LogP contribution in [0.5, 0.6) is 0 Å². The van der Waals surface area contributed by atoms with Gasteiger partial charge in [0.15, 0.2) is 5.82 Å². The van der Waals surface area contributed by atoms with Crippen LogP contribution in [0.4, 0.5) is 0 Å². The van der Waals surface area contributed by atoms with E-state index in [0.29, 0.717) is 0 Å². The highest BCUT2D eigenvalue weighted by Gasteiger charge is 2.46. The van der Waals surface area contributed by atoms with E-state index in [9.17, 15) is 0 Å². The molecule has 0 aliphatic heterocycles. The maximum atomic E-state index is 5.15. The first kappa shape index (κ1) is 29.7. The van der Waals surface area contributed by atoms with E-state index in [1.54, 1.807) is 0 Å². The topological polar surface area (TPSA) is 25.8 Å². The second-order valence-corrected chi connectivity index (χ2v) is 13.0. The van der Waals surface area contributed by atoms with E-state index >= 15 is 0 Å². The Bertz CT molecular complexity index is 2410. The Balaban J connectivity index is 1.18. The van der Waals surface area contributed by atoms with Gasteiger partial charge in [-0.3, -0.25) is 0 Å². The summed E-state index contributed by atoms with van der Waals surface area (Å²) in [5, 5.41) is 0. The summed E-state index contributed by atoms with van der Waals surface area (Å²) in [5.74, 6) is 0.727. The van der Waals surface area contributed by atoms with Crippen molar-refractivity contribution in [2.45, 2.75) is 12.3 Å². The zero-order chi connectivity index (χ0) is 33.5. The number of rotatable bonds is 6. The van der Waals surface area contributed by atoms with Gasteiger partial charge in [0.25, 0.3) is 0 Å². The lowest BCUT2D eigenvalue weighted by Crippen LogP contribution is -2.28. The molecule has 0 bridgehead atoms. The number of aromatic nitrogens is 2. The molecule has 8 aromatic rings. The van der Waals surface area contributed by atoms with Gasteiger partial charge in [-0.05, 0) is 57.5 Å². The molecule has 0 saturated carbocycles. The lowest BCUT2D eigenvalue weighted by molar-refractivity contribution is 0.769. The summed E-state index contributed by atoms with van der Waals surface area (Å²) in [5.41, 5.74) is 15.8. The molecule has 236 valence electrons. The van der Waals surface area contributed by atoms with Crippen molar-refractivity contribution in [3.63, 3.8) is 0 Å². The van der Waals surface area contributed by atoms with Crippen molar-refractivity contribution >= 4 is 0 Å². The molecule has 1 aliphatic carbocycles. The Morgan fingerprint density at radius 2 is 0.800 bits per heavy atom. The van der Waals surface area contributed by atoms with E-state index in [-0.39, 0.29) is 0 Å². The average Bonchev–Trinajstić information content (AvgIpc) is 3.50. The summed E-state index contributed by atoms with van der Waals surface area (Å²) >= 11 is 0. The predicted octanol–water partition coefficient (Wildman–Crippen LogP) is 11.8. The normalized spacial score (nSPS) is 12.7. The number of nitrogens with zero attached hydrogens (tertiary/aromatic N) is 2. The fourth-order valence-corrected chi connectivity index (χ4v) is 7.84. The lowest BCUT2D eigenvalue weighted by atomic mass is 9.67. The van der Waals surface area contributed by atoms with Crippen LogP contribution in [0.3, 0.4) is 0 Å². The Hall–Kier alpha value is -6.38. The Morgan fingerprint density at radius 1 is 0.360 bits per heavy atom. The first-order valence-corrected chi connectivity index (χ1v) is 17.2. The van der Waals surface area contributed by atoms with Gasteiger partial charge in [-0.2, -0.15) is 0 Å². The third-order valence-electron chi connectivity index (χ3n) is 10.2. The molecule has 0 amide bonds. The predicted molar refractivity (Wildman–Crippen MR) is 206 cm³/mol. The van der Waals surface area contributed by atoms with E-state index in [1.807, 2.05) is 24.3 Å². The van der Waals surface area contributed by atoms with Crippen LogP contribution >= 0.6 is 0 Å². The molecule has 0 saturated heterocycles. The van der Waals surface area contributed by atoms with E-state index in [0.717, 1.165) is 39.5 Å². The van der Waals surface area contributed by atoms with Crippen molar-refractivity contribution in [1.82, 2.24) is 9.97 Å². The maximum absolute atomic E-state index is 5.15. The molecule has 9 rings (SSSR count). The molecular formula is C48H34N2. The fraction of sp³-hybridized carbons (Fsp3) is 0.0417. The maximum Gasteiger partial charge on any atom is 0.160 e. The largest absolute Gasteiger partial charge is 0.228 e. The minimum absolute atomic E-state index is 0.426.